The Kier molecular flexibility index (Phi) is 4.25. The number of hydrogen-bond donors (Lipinski definition) is 0. The van der Waals surface area contributed by atoms with Crippen molar-refractivity contribution in [2.75, 3.05) is 17.7 Å². The molecule has 0 saturated carbocycles. The van der Waals surface area contributed by atoms with Crippen LogP contribution in [0.1, 0.15) is 24.8 Å². The predicted octanol–water partition coefficient (Wildman–Crippen LogP) is 4.83. The Hall–Kier alpha value is -2.27. The highest BCUT2D eigenvalue weighted by Gasteiger charge is 2.27. The van der Waals surface area contributed by atoms with Crippen molar-refractivity contribution in [2.24, 2.45) is 0 Å². The highest BCUT2D eigenvalue weighted by Crippen LogP contribution is 2.42. The Morgan fingerprint density at radius 2 is 1.80 bits per heavy atom. The predicted molar refractivity (Wildman–Crippen MR) is 106 cm³/mol. The second kappa shape index (κ2) is 6.56. The van der Waals surface area contributed by atoms with Crippen molar-refractivity contribution < 1.29 is 0 Å². The van der Waals surface area contributed by atoms with E-state index in [4.69, 9.17) is 0 Å². The smallest absolute Gasteiger partial charge is 0.121 e. The number of aromatic nitrogens is 3. The molecule has 0 amide bonds. The van der Waals surface area contributed by atoms with Crippen LogP contribution in [0.4, 0.5) is 5.69 Å². The van der Waals surface area contributed by atoms with Crippen molar-refractivity contribution in [3.05, 3.63) is 54.1 Å². The molecule has 3 aromatic rings. The minimum atomic E-state index is 0.228. The van der Waals surface area contributed by atoms with E-state index in [-0.39, 0.29) is 5.37 Å². The maximum atomic E-state index is 4.60. The molecule has 1 atom stereocenters. The third-order valence-electron chi connectivity index (χ3n) is 4.90. The third kappa shape index (κ3) is 2.63. The standard InChI is InChI=1S/C20H22N4S/c1-4-23-13-15-9-5-6-10-16(15)19-20(17-11-7-8-12-18(17)23)24(22-21-19)14(2)25-3/h5-12,14H,4,13H2,1-3H3. The zero-order valence-electron chi connectivity index (χ0n) is 14.8. The van der Waals surface area contributed by atoms with E-state index in [9.17, 15) is 0 Å². The average Bonchev–Trinajstić information content (AvgIpc) is 3.09. The molecule has 1 aliphatic rings. The van der Waals surface area contributed by atoms with Gasteiger partial charge in [0.25, 0.3) is 0 Å². The van der Waals surface area contributed by atoms with Gasteiger partial charge < -0.3 is 4.90 Å². The molecule has 128 valence electrons. The van der Waals surface area contributed by atoms with Gasteiger partial charge in [0.2, 0.25) is 0 Å². The van der Waals surface area contributed by atoms with Gasteiger partial charge in [0.05, 0.1) is 11.1 Å². The summed E-state index contributed by atoms with van der Waals surface area (Å²) in [6, 6.07) is 17.2. The summed E-state index contributed by atoms with van der Waals surface area (Å²) in [5.74, 6) is 0. The number of para-hydroxylation sites is 1. The van der Waals surface area contributed by atoms with Gasteiger partial charge in [0.15, 0.2) is 0 Å². The fourth-order valence-electron chi connectivity index (χ4n) is 3.49. The molecular formula is C20H22N4S. The van der Waals surface area contributed by atoms with Crippen LogP contribution in [0.15, 0.2) is 48.5 Å². The summed E-state index contributed by atoms with van der Waals surface area (Å²) >= 11 is 1.78. The fraction of sp³-hybridized carbons (Fsp3) is 0.300. The molecule has 5 heteroatoms. The Labute approximate surface area is 152 Å². The van der Waals surface area contributed by atoms with E-state index in [2.05, 4.69) is 88.5 Å². The van der Waals surface area contributed by atoms with Crippen molar-refractivity contribution in [3.8, 4) is 22.5 Å². The van der Waals surface area contributed by atoms with Gasteiger partial charge in [0, 0.05) is 29.9 Å². The number of anilines is 1. The van der Waals surface area contributed by atoms with Crippen LogP contribution in [-0.4, -0.2) is 27.8 Å². The van der Waals surface area contributed by atoms with Crippen molar-refractivity contribution in [3.63, 3.8) is 0 Å². The Balaban J connectivity index is 2.07. The second-order valence-electron chi connectivity index (χ2n) is 6.25. The zero-order chi connectivity index (χ0) is 17.4. The highest BCUT2D eigenvalue weighted by molar-refractivity contribution is 7.98. The molecule has 0 spiro atoms. The molecule has 0 fully saturated rings. The third-order valence-corrected chi connectivity index (χ3v) is 5.78. The lowest BCUT2D eigenvalue weighted by molar-refractivity contribution is 0.618. The van der Waals surface area contributed by atoms with Crippen LogP contribution < -0.4 is 4.90 Å². The number of thioether (sulfide) groups is 1. The van der Waals surface area contributed by atoms with Crippen molar-refractivity contribution in [1.29, 1.82) is 0 Å². The molecule has 0 radical (unpaired) electrons. The van der Waals surface area contributed by atoms with E-state index in [1.54, 1.807) is 11.8 Å². The lowest BCUT2D eigenvalue weighted by Gasteiger charge is -2.29. The maximum absolute atomic E-state index is 4.60. The highest BCUT2D eigenvalue weighted by atomic mass is 32.2. The Morgan fingerprint density at radius 1 is 1.08 bits per heavy atom. The molecule has 1 aromatic heterocycles. The van der Waals surface area contributed by atoms with Gasteiger partial charge in [0.1, 0.15) is 5.69 Å². The van der Waals surface area contributed by atoms with Crippen LogP contribution in [0.3, 0.4) is 0 Å². The first-order valence-electron chi connectivity index (χ1n) is 8.65. The van der Waals surface area contributed by atoms with Crippen molar-refractivity contribution in [2.45, 2.75) is 25.8 Å². The fourth-order valence-corrected chi connectivity index (χ4v) is 3.84. The Morgan fingerprint density at radius 3 is 2.56 bits per heavy atom. The number of benzene rings is 2. The van der Waals surface area contributed by atoms with Crippen LogP contribution in [0.5, 0.6) is 0 Å². The molecule has 1 aliphatic heterocycles. The minimum absolute atomic E-state index is 0.228. The zero-order valence-corrected chi connectivity index (χ0v) is 15.6. The topological polar surface area (TPSA) is 34.0 Å². The SMILES string of the molecule is CCN1Cc2ccccc2-c2nnn(C(C)SC)c2-c2ccccc21. The van der Waals surface area contributed by atoms with E-state index >= 15 is 0 Å². The molecule has 25 heavy (non-hydrogen) atoms. The van der Waals surface area contributed by atoms with Crippen LogP contribution in [0.25, 0.3) is 22.5 Å². The lowest BCUT2D eigenvalue weighted by Crippen LogP contribution is -2.24. The van der Waals surface area contributed by atoms with E-state index in [1.165, 1.54) is 22.4 Å². The van der Waals surface area contributed by atoms with Gasteiger partial charge in [-0.25, -0.2) is 4.68 Å². The Bertz CT molecular complexity index is 902. The first kappa shape index (κ1) is 16.2. The van der Waals surface area contributed by atoms with Gasteiger partial charge in [-0.1, -0.05) is 47.7 Å². The molecule has 4 rings (SSSR count). The van der Waals surface area contributed by atoms with Gasteiger partial charge in [-0.2, -0.15) is 0 Å². The number of rotatable bonds is 3. The van der Waals surface area contributed by atoms with E-state index in [0.717, 1.165) is 24.5 Å². The lowest BCUT2D eigenvalue weighted by atomic mass is 9.95. The summed E-state index contributed by atoms with van der Waals surface area (Å²) in [6.45, 7) is 6.22. The molecule has 0 saturated heterocycles. The molecule has 0 aliphatic carbocycles. The number of fused-ring (bicyclic) bond motifs is 5. The summed E-state index contributed by atoms with van der Waals surface area (Å²) in [5.41, 5.74) is 7.04. The molecule has 4 nitrogen and oxygen atoms in total. The summed E-state index contributed by atoms with van der Waals surface area (Å²) < 4.78 is 2.06. The van der Waals surface area contributed by atoms with E-state index in [1.807, 2.05) is 0 Å². The number of hydrogen-bond acceptors (Lipinski definition) is 4. The molecule has 2 heterocycles. The summed E-state index contributed by atoms with van der Waals surface area (Å²) in [7, 11) is 0. The van der Waals surface area contributed by atoms with Gasteiger partial charge in [-0.15, -0.1) is 16.9 Å². The van der Waals surface area contributed by atoms with Crippen molar-refractivity contribution in [1.82, 2.24) is 15.0 Å². The molecule has 0 N–H and O–H groups in total. The minimum Gasteiger partial charge on any atom is -0.367 e. The summed E-state index contributed by atoms with van der Waals surface area (Å²) in [4.78, 5) is 2.43. The van der Waals surface area contributed by atoms with Gasteiger partial charge in [-0.05, 0) is 31.7 Å². The quantitative estimate of drug-likeness (QED) is 0.677. The maximum Gasteiger partial charge on any atom is 0.121 e. The summed E-state index contributed by atoms with van der Waals surface area (Å²) in [5, 5.41) is 9.36. The van der Waals surface area contributed by atoms with Crippen LogP contribution in [0, 0.1) is 0 Å². The van der Waals surface area contributed by atoms with Crippen molar-refractivity contribution >= 4 is 17.4 Å². The van der Waals surface area contributed by atoms with Crippen LogP contribution in [0.2, 0.25) is 0 Å². The van der Waals surface area contributed by atoms with E-state index < -0.39 is 0 Å². The summed E-state index contributed by atoms with van der Waals surface area (Å²) in [6.07, 6.45) is 2.11. The molecule has 2 aromatic carbocycles. The van der Waals surface area contributed by atoms with Gasteiger partial charge in [-0.3, -0.25) is 0 Å². The number of nitrogens with zero attached hydrogens (tertiary/aromatic N) is 4. The second-order valence-corrected chi connectivity index (χ2v) is 7.41. The molecular weight excluding hydrogens is 328 g/mol. The molecule has 0 bridgehead atoms. The molecule has 1 unspecified atom stereocenters. The van der Waals surface area contributed by atoms with Crippen LogP contribution in [-0.2, 0) is 6.54 Å². The van der Waals surface area contributed by atoms with Gasteiger partial charge >= 0.3 is 0 Å². The first-order chi connectivity index (χ1) is 12.2. The van der Waals surface area contributed by atoms with E-state index in [0.29, 0.717) is 0 Å². The normalized spacial score (nSPS) is 14.1. The largest absolute Gasteiger partial charge is 0.367 e. The first-order valence-corrected chi connectivity index (χ1v) is 9.94. The average molecular weight is 350 g/mol. The monoisotopic (exact) mass is 350 g/mol. The van der Waals surface area contributed by atoms with Crippen LogP contribution >= 0.6 is 11.8 Å².